The summed E-state index contributed by atoms with van der Waals surface area (Å²) in [6, 6.07) is 23.3. The Kier molecular flexibility index (Phi) is 5.77. The standard InChI is InChI=1S/C24H22N2O4S/c1-29-23-13-12-21(15-24(23)30-2)31(27,28)26(20-9-4-3-5-10-20)17-18-14-19-8-6-7-11-22(19)25-16-18/h3-16H,17H2,1-2H3. The van der Waals surface area contributed by atoms with Gasteiger partial charge in [-0.25, -0.2) is 8.42 Å². The Balaban J connectivity index is 1.79. The molecule has 4 rings (SSSR count). The largest absolute Gasteiger partial charge is 0.493 e. The van der Waals surface area contributed by atoms with E-state index >= 15 is 0 Å². The highest BCUT2D eigenvalue weighted by Gasteiger charge is 2.26. The predicted octanol–water partition coefficient (Wildman–Crippen LogP) is 4.65. The van der Waals surface area contributed by atoms with Gasteiger partial charge in [-0.05, 0) is 42.0 Å². The van der Waals surface area contributed by atoms with Crippen LogP contribution in [0.5, 0.6) is 11.5 Å². The smallest absolute Gasteiger partial charge is 0.264 e. The van der Waals surface area contributed by atoms with Crippen LogP contribution in [0.1, 0.15) is 5.56 Å². The molecule has 0 aliphatic heterocycles. The Bertz CT molecular complexity index is 1310. The highest BCUT2D eigenvalue weighted by molar-refractivity contribution is 7.92. The molecule has 0 amide bonds. The van der Waals surface area contributed by atoms with Gasteiger partial charge in [0.2, 0.25) is 0 Å². The number of para-hydroxylation sites is 2. The van der Waals surface area contributed by atoms with E-state index in [2.05, 4.69) is 4.98 Å². The van der Waals surface area contributed by atoms with Crippen molar-refractivity contribution >= 4 is 26.6 Å². The summed E-state index contributed by atoms with van der Waals surface area (Å²) in [5.74, 6) is 0.815. The molecule has 0 bridgehead atoms. The SMILES string of the molecule is COc1ccc(S(=O)(=O)N(Cc2cnc3ccccc3c2)c2ccccc2)cc1OC. The van der Waals surface area contributed by atoms with Crippen molar-refractivity contribution in [3.63, 3.8) is 0 Å². The van der Waals surface area contributed by atoms with Gasteiger partial charge < -0.3 is 9.47 Å². The number of aromatic nitrogens is 1. The molecule has 158 valence electrons. The second-order valence-electron chi connectivity index (χ2n) is 6.90. The van der Waals surface area contributed by atoms with Gasteiger partial charge in [-0.15, -0.1) is 0 Å². The lowest BCUT2D eigenvalue weighted by molar-refractivity contribution is 0.354. The van der Waals surface area contributed by atoms with Gasteiger partial charge in [0, 0.05) is 17.6 Å². The zero-order valence-electron chi connectivity index (χ0n) is 17.2. The van der Waals surface area contributed by atoms with Crippen molar-refractivity contribution in [3.05, 3.63) is 90.6 Å². The first kappa shape index (κ1) is 20.7. The molecular formula is C24H22N2O4S. The zero-order chi connectivity index (χ0) is 21.8. The molecule has 0 N–H and O–H groups in total. The molecule has 1 heterocycles. The van der Waals surface area contributed by atoms with E-state index in [9.17, 15) is 8.42 Å². The van der Waals surface area contributed by atoms with E-state index < -0.39 is 10.0 Å². The Labute approximate surface area is 181 Å². The van der Waals surface area contributed by atoms with Crippen LogP contribution in [0.25, 0.3) is 10.9 Å². The maximum atomic E-state index is 13.7. The number of rotatable bonds is 7. The van der Waals surface area contributed by atoms with Gasteiger partial charge in [0.1, 0.15) is 0 Å². The summed E-state index contributed by atoms with van der Waals surface area (Å²) < 4.78 is 39.3. The first-order valence-electron chi connectivity index (χ1n) is 9.66. The first-order valence-corrected chi connectivity index (χ1v) is 11.1. The molecule has 0 spiro atoms. The fourth-order valence-electron chi connectivity index (χ4n) is 3.38. The number of nitrogens with zero attached hydrogens (tertiary/aromatic N) is 2. The topological polar surface area (TPSA) is 68.7 Å². The van der Waals surface area contributed by atoms with Gasteiger partial charge in [-0.2, -0.15) is 0 Å². The summed E-state index contributed by atoms with van der Waals surface area (Å²) in [6.45, 7) is 0.137. The van der Waals surface area contributed by atoms with Crippen molar-refractivity contribution in [1.29, 1.82) is 0 Å². The number of hydrogen-bond acceptors (Lipinski definition) is 5. The Hall–Kier alpha value is -3.58. The lowest BCUT2D eigenvalue weighted by atomic mass is 10.1. The van der Waals surface area contributed by atoms with E-state index in [-0.39, 0.29) is 11.4 Å². The molecule has 7 heteroatoms. The van der Waals surface area contributed by atoms with Crippen LogP contribution in [-0.4, -0.2) is 27.6 Å². The molecule has 0 aliphatic rings. The van der Waals surface area contributed by atoms with Crippen LogP contribution in [0.3, 0.4) is 0 Å². The zero-order valence-corrected chi connectivity index (χ0v) is 18.0. The van der Waals surface area contributed by atoms with E-state index in [0.717, 1.165) is 16.5 Å². The maximum Gasteiger partial charge on any atom is 0.264 e. The van der Waals surface area contributed by atoms with E-state index in [1.807, 2.05) is 48.5 Å². The first-order chi connectivity index (χ1) is 15.0. The molecule has 0 fully saturated rings. The molecule has 0 aliphatic carbocycles. The minimum absolute atomic E-state index is 0.114. The molecule has 0 saturated carbocycles. The molecule has 0 radical (unpaired) electrons. The molecule has 0 atom stereocenters. The van der Waals surface area contributed by atoms with Crippen LogP contribution in [0, 0.1) is 0 Å². The highest BCUT2D eigenvalue weighted by atomic mass is 32.2. The monoisotopic (exact) mass is 434 g/mol. The van der Waals surface area contributed by atoms with Gasteiger partial charge >= 0.3 is 0 Å². The van der Waals surface area contributed by atoms with Crippen molar-refractivity contribution in [3.8, 4) is 11.5 Å². The summed E-state index contributed by atoms with van der Waals surface area (Å²) >= 11 is 0. The molecule has 1 aromatic heterocycles. The number of hydrogen-bond donors (Lipinski definition) is 0. The quantitative estimate of drug-likeness (QED) is 0.424. The fourth-order valence-corrected chi connectivity index (χ4v) is 4.85. The number of sulfonamides is 1. The van der Waals surface area contributed by atoms with Crippen molar-refractivity contribution in [2.24, 2.45) is 0 Å². The second kappa shape index (κ2) is 8.65. The van der Waals surface area contributed by atoms with Crippen LogP contribution in [0.4, 0.5) is 5.69 Å². The minimum atomic E-state index is -3.89. The lowest BCUT2D eigenvalue weighted by Crippen LogP contribution is -2.30. The Morgan fingerprint density at radius 3 is 2.29 bits per heavy atom. The van der Waals surface area contributed by atoms with Gasteiger partial charge in [-0.1, -0.05) is 36.4 Å². The molecule has 0 saturated heterocycles. The molecule has 3 aromatic carbocycles. The molecule has 4 aromatic rings. The van der Waals surface area contributed by atoms with Crippen LogP contribution in [-0.2, 0) is 16.6 Å². The number of fused-ring (bicyclic) bond motifs is 1. The number of pyridine rings is 1. The predicted molar refractivity (Wildman–Crippen MR) is 121 cm³/mol. The van der Waals surface area contributed by atoms with Gasteiger partial charge in [0.15, 0.2) is 11.5 Å². The van der Waals surface area contributed by atoms with Crippen molar-refractivity contribution in [1.82, 2.24) is 4.98 Å². The van der Waals surface area contributed by atoms with Crippen LogP contribution >= 0.6 is 0 Å². The third-order valence-electron chi connectivity index (χ3n) is 4.96. The van der Waals surface area contributed by atoms with Crippen molar-refractivity contribution < 1.29 is 17.9 Å². The molecular weight excluding hydrogens is 412 g/mol. The van der Waals surface area contributed by atoms with Crippen LogP contribution in [0.2, 0.25) is 0 Å². The number of anilines is 1. The van der Waals surface area contributed by atoms with Crippen molar-refractivity contribution in [2.75, 3.05) is 18.5 Å². The normalized spacial score (nSPS) is 11.3. The van der Waals surface area contributed by atoms with Crippen LogP contribution in [0.15, 0.2) is 90.0 Å². The second-order valence-corrected chi connectivity index (χ2v) is 8.76. The molecule has 0 unspecified atom stereocenters. The number of ether oxygens (including phenoxy) is 2. The molecule has 6 nitrogen and oxygen atoms in total. The summed E-state index contributed by atoms with van der Waals surface area (Å²) in [5.41, 5.74) is 2.21. The van der Waals surface area contributed by atoms with Crippen molar-refractivity contribution in [2.45, 2.75) is 11.4 Å². The highest BCUT2D eigenvalue weighted by Crippen LogP contribution is 2.33. The van der Waals surface area contributed by atoms with E-state index in [0.29, 0.717) is 17.2 Å². The minimum Gasteiger partial charge on any atom is -0.493 e. The summed E-state index contributed by atoms with van der Waals surface area (Å²) in [5, 5.41) is 0.955. The van der Waals surface area contributed by atoms with E-state index in [1.165, 1.54) is 30.7 Å². The Morgan fingerprint density at radius 1 is 0.839 bits per heavy atom. The lowest BCUT2D eigenvalue weighted by Gasteiger charge is -2.25. The average Bonchev–Trinajstić information content (AvgIpc) is 2.82. The fraction of sp³-hybridized carbons (Fsp3) is 0.125. The third kappa shape index (κ3) is 4.18. The number of methoxy groups -OCH3 is 2. The van der Waals surface area contributed by atoms with Crippen LogP contribution < -0.4 is 13.8 Å². The third-order valence-corrected chi connectivity index (χ3v) is 6.73. The van der Waals surface area contributed by atoms with E-state index in [4.69, 9.17) is 9.47 Å². The summed E-state index contributed by atoms with van der Waals surface area (Å²) in [6.07, 6.45) is 1.71. The maximum absolute atomic E-state index is 13.7. The van der Waals surface area contributed by atoms with Gasteiger partial charge in [-0.3, -0.25) is 9.29 Å². The summed E-state index contributed by atoms with van der Waals surface area (Å²) in [4.78, 5) is 4.59. The summed E-state index contributed by atoms with van der Waals surface area (Å²) in [7, 11) is -0.908. The van der Waals surface area contributed by atoms with Gasteiger partial charge in [0.05, 0.1) is 36.9 Å². The molecule has 31 heavy (non-hydrogen) atoms. The van der Waals surface area contributed by atoms with Gasteiger partial charge in [0.25, 0.3) is 10.0 Å². The van der Waals surface area contributed by atoms with E-state index in [1.54, 1.807) is 24.4 Å². The number of benzene rings is 3. The average molecular weight is 435 g/mol. The Morgan fingerprint density at radius 2 is 1.55 bits per heavy atom.